The van der Waals surface area contributed by atoms with E-state index < -0.39 is 162 Å². The highest BCUT2D eigenvalue weighted by Gasteiger charge is 2.46. The van der Waals surface area contributed by atoms with Gasteiger partial charge in [0, 0.05) is 180 Å². The number of aliphatic carboxylic acids is 4. The number of benzene rings is 4. The van der Waals surface area contributed by atoms with Crippen molar-refractivity contribution in [3.8, 4) is 0 Å². The fourth-order valence-corrected chi connectivity index (χ4v) is 14.6. The minimum atomic E-state index is -4.80. The quantitative estimate of drug-likeness (QED) is 0.0276. The molecule has 0 saturated carbocycles. The van der Waals surface area contributed by atoms with Crippen molar-refractivity contribution in [2.75, 3.05) is 172 Å². The van der Waals surface area contributed by atoms with Gasteiger partial charge in [0.1, 0.15) is 0 Å². The van der Waals surface area contributed by atoms with Crippen LogP contribution < -0.4 is 14.7 Å². The molecule has 51 heteroatoms. The summed E-state index contributed by atoms with van der Waals surface area (Å²) in [5.74, 6) is -6.96. The fraction of sp³-hybridized carbons (Fsp3) is 0.598. The summed E-state index contributed by atoms with van der Waals surface area (Å²) in [6, 6.07) is 14.7. The van der Waals surface area contributed by atoms with Crippen LogP contribution in [0.3, 0.4) is 0 Å². The molecule has 4 N–H and O–H groups in total. The van der Waals surface area contributed by atoms with E-state index in [4.69, 9.17) is 19.7 Å². The van der Waals surface area contributed by atoms with Gasteiger partial charge in [-0.3, -0.25) is 29.2 Å². The molecule has 7 fully saturated rings. The SMILES string of the molecule is CC(OC(=O)N1CCN(Cc2cc(C(=O)C(=O)O)cc(C(F)(F)F)c2)CC1)C(F)(F)F.CC(OC(=O)N1CCN(Cc2cc(N3CCC(C(=O)O)CC3)cc(C(F)(F)F)c2)CC1)C(F)(F)F.CC(OC(=O)N1CCN(Cc2cc(N3CCOC(C(=O)O)C3)cc(C(F)(F)F)c2)CC1)C(F)(F)F.Cc1ccc(CN2CCN(C(=O)OC(C)C(F)(F)F)CC2)c(N2CCOCC2C(=O)O)c1. The van der Waals surface area contributed by atoms with Crippen molar-refractivity contribution in [2.45, 2.75) is 153 Å². The number of rotatable bonds is 20. The number of carbonyl (C=O) groups is 9. The van der Waals surface area contributed by atoms with Gasteiger partial charge in [-0.15, -0.1) is 0 Å². The second-order valence-corrected chi connectivity index (χ2v) is 32.1. The predicted molar refractivity (Wildman–Crippen MR) is 425 cm³/mol. The third-order valence-corrected chi connectivity index (χ3v) is 22.4. The summed E-state index contributed by atoms with van der Waals surface area (Å²) in [4.78, 5) is 121. The maximum absolute atomic E-state index is 13.5. The number of nitrogens with zero attached hydrogens (tertiary/aromatic N) is 11. The van der Waals surface area contributed by atoms with E-state index in [9.17, 15) is 146 Å². The van der Waals surface area contributed by atoms with Crippen LogP contribution in [0.1, 0.15) is 95.4 Å². The Hall–Kier alpha value is -10.8. The first-order valence-electron chi connectivity index (χ1n) is 41.4. The van der Waals surface area contributed by atoms with Crippen molar-refractivity contribution in [2.24, 2.45) is 5.92 Å². The molecule has 30 nitrogen and oxygen atoms in total. The van der Waals surface area contributed by atoms with E-state index in [0.29, 0.717) is 88.5 Å². The van der Waals surface area contributed by atoms with E-state index in [2.05, 4.69) is 23.8 Å². The number of amides is 4. The number of ether oxygens (including phenoxy) is 6. The minimum absolute atomic E-state index is 0.0245. The lowest BCUT2D eigenvalue weighted by Crippen LogP contribution is -2.51. The van der Waals surface area contributed by atoms with Crippen molar-refractivity contribution in [1.29, 1.82) is 0 Å². The molecule has 0 spiro atoms. The number of ketones is 1. The van der Waals surface area contributed by atoms with Crippen molar-refractivity contribution >= 4 is 71.1 Å². The standard InChI is InChI=1S/C22H27F6N3O4.C21H25F6N3O5.C21H28F3N3O5.C18H18F6N2O5/c1-14(21(23,24)25)35-20(34)31-8-6-29(7-9-31)13-15-10-17(22(26,27)28)12-18(11-15)30-4-2-16(3-5-30)19(32)33;1-13(20(22,23)24)35-19(33)29-4-2-28(3-5-29)11-14-8-15(21(25,26)27)10-16(9-14)30-6-7-34-17(12-30)18(31)32;1-14-3-4-16(17(11-14)27-9-10-31-13-18(27)19(28)29)12-25-5-7-26(8-6-25)20(30)32-15(2)21(22,23)24;1-10(17(19,20)21)31-16(30)26-4-2-25(3-5-26)9-11-6-12(14(27)15(28)29)8-13(7-11)18(22,23)24/h10-12,14,16H,2-9,13H2,1H3,(H,32,33);8-10,13,17H,2-7,11-12H2,1H3,(H,31,32);3-4,11,15,18H,5-10,12-13H2,1-2H3,(H,28,29);6-8,10H,2-5,9H2,1H3,(H,28,29). The third kappa shape index (κ3) is 32.2. The second kappa shape index (κ2) is 45.5. The zero-order valence-electron chi connectivity index (χ0n) is 72.0. The van der Waals surface area contributed by atoms with Crippen LogP contribution in [0.4, 0.5) is 128 Å². The smallest absolute Gasteiger partial charge is 0.425 e. The van der Waals surface area contributed by atoms with Gasteiger partial charge in [-0.25, -0.2) is 33.6 Å². The lowest BCUT2D eigenvalue weighted by Gasteiger charge is -2.38. The van der Waals surface area contributed by atoms with Crippen LogP contribution in [0, 0.1) is 12.8 Å². The van der Waals surface area contributed by atoms with Gasteiger partial charge < -0.3 is 83.1 Å². The highest BCUT2D eigenvalue weighted by Crippen LogP contribution is 2.39. The molecule has 4 amide bonds. The lowest BCUT2D eigenvalue weighted by atomic mass is 9.96. The molecule has 7 aliphatic rings. The number of hydrogen-bond donors (Lipinski definition) is 4. The molecule has 4 aromatic carbocycles. The Labute approximate surface area is 746 Å². The third-order valence-electron chi connectivity index (χ3n) is 22.4. The average Bonchev–Trinajstić information content (AvgIpc) is 0.817. The number of piperazine rings is 4. The molecule has 0 aromatic heterocycles. The molecule has 133 heavy (non-hydrogen) atoms. The molecule has 7 heterocycles. The molecule has 742 valence electrons. The first-order chi connectivity index (χ1) is 61.7. The fourth-order valence-electron chi connectivity index (χ4n) is 14.6. The van der Waals surface area contributed by atoms with Crippen LogP contribution in [0.25, 0.3) is 0 Å². The van der Waals surface area contributed by atoms with Crippen molar-refractivity contribution < 1.29 is 184 Å². The second-order valence-electron chi connectivity index (χ2n) is 32.1. The Morgan fingerprint density at radius 1 is 0.391 bits per heavy atom. The number of carboxylic acid groups (broad SMARTS) is 4. The number of hydrogen-bond acceptors (Lipinski definition) is 22. The van der Waals surface area contributed by atoms with Gasteiger partial charge in [0.2, 0.25) is 0 Å². The number of alkyl halides is 21. The van der Waals surface area contributed by atoms with Crippen LogP contribution >= 0.6 is 0 Å². The minimum Gasteiger partial charge on any atom is -0.481 e. The molecule has 11 rings (SSSR count). The van der Waals surface area contributed by atoms with E-state index >= 15 is 0 Å². The summed E-state index contributed by atoms with van der Waals surface area (Å²) in [5, 5.41) is 36.7. The molecule has 0 bridgehead atoms. The van der Waals surface area contributed by atoms with Crippen molar-refractivity contribution in [3.63, 3.8) is 0 Å². The Balaban J connectivity index is 0.000000219. The molecule has 0 aliphatic carbocycles. The first-order valence-corrected chi connectivity index (χ1v) is 41.4. The zero-order chi connectivity index (χ0) is 99.0. The number of halogens is 21. The topological polar surface area (TPSA) is 326 Å². The molecule has 6 atom stereocenters. The zero-order valence-corrected chi connectivity index (χ0v) is 72.0. The summed E-state index contributed by atoms with van der Waals surface area (Å²) in [6.45, 7) is 10.3. The van der Waals surface area contributed by atoms with E-state index in [1.165, 1.54) is 9.80 Å². The van der Waals surface area contributed by atoms with E-state index in [1.54, 1.807) is 26.8 Å². The first kappa shape index (κ1) is 108. The number of carboxylic acids is 4. The monoisotopic (exact) mass is 1940 g/mol. The van der Waals surface area contributed by atoms with Crippen LogP contribution in [-0.2, 0) is 92.3 Å². The normalized spacial score (nSPS) is 19.7. The van der Waals surface area contributed by atoms with Gasteiger partial charge in [-0.1, -0.05) is 12.1 Å². The molecule has 6 unspecified atom stereocenters. The molecule has 4 aromatic rings. The maximum atomic E-state index is 13.5. The molecule has 7 aliphatic heterocycles. The van der Waals surface area contributed by atoms with Gasteiger partial charge in [-0.05, 0) is 136 Å². The Morgan fingerprint density at radius 2 is 0.744 bits per heavy atom. The molecule has 0 radical (unpaired) electrons. The van der Waals surface area contributed by atoms with E-state index in [0.717, 1.165) is 88.7 Å². The van der Waals surface area contributed by atoms with Gasteiger partial charge in [0.25, 0.3) is 5.78 Å². The lowest BCUT2D eigenvalue weighted by molar-refractivity contribution is -0.200. The highest BCUT2D eigenvalue weighted by molar-refractivity contribution is 6.39. The van der Waals surface area contributed by atoms with Crippen LogP contribution in [-0.4, -0.2) is 332 Å². The van der Waals surface area contributed by atoms with Crippen LogP contribution in [0.15, 0.2) is 72.8 Å². The van der Waals surface area contributed by atoms with Gasteiger partial charge in [0.05, 0.1) is 49.0 Å². The predicted octanol–water partition coefficient (Wildman–Crippen LogP) is 13.1. The summed E-state index contributed by atoms with van der Waals surface area (Å²) >= 11 is 0. The maximum Gasteiger partial charge on any atom is 0.425 e. The summed E-state index contributed by atoms with van der Waals surface area (Å²) in [7, 11) is 0. The van der Waals surface area contributed by atoms with Gasteiger partial charge >= 0.3 is 91.5 Å². The summed E-state index contributed by atoms with van der Waals surface area (Å²) in [6.07, 6.45) is -46.3. The average molecular weight is 1940 g/mol. The Morgan fingerprint density at radius 3 is 1.08 bits per heavy atom. The number of anilines is 3. The molecular formula is C82H98F21N11O19. The number of aryl methyl sites for hydroxylation is 1. The summed E-state index contributed by atoms with van der Waals surface area (Å²) < 4.78 is 300. The number of piperidine rings is 1. The molecule has 7 saturated heterocycles. The Kier molecular flexibility index (Phi) is 36.8. The van der Waals surface area contributed by atoms with Crippen molar-refractivity contribution in [1.82, 2.24) is 39.2 Å². The largest absolute Gasteiger partial charge is 0.481 e. The molecular weight excluding hydrogens is 1840 g/mol. The van der Waals surface area contributed by atoms with Crippen LogP contribution in [0.5, 0.6) is 0 Å². The van der Waals surface area contributed by atoms with Gasteiger partial charge in [-0.2, -0.15) is 92.2 Å². The van der Waals surface area contributed by atoms with Crippen molar-refractivity contribution in [3.05, 3.63) is 123 Å². The van der Waals surface area contributed by atoms with Crippen LogP contribution in [0.2, 0.25) is 0 Å². The number of morpholine rings is 2. The number of carbonyl (C=O) groups excluding carboxylic acids is 5. The van der Waals surface area contributed by atoms with Gasteiger partial charge in [0.15, 0.2) is 36.6 Å². The Bertz CT molecular complexity index is 4640. The number of Topliss-reactive ketones (excluding diaryl/α,β-unsaturated/α-hetero) is 1. The highest BCUT2D eigenvalue weighted by atomic mass is 19.4. The van der Waals surface area contributed by atoms with E-state index in [1.807, 2.05) is 34.9 Å². The van der Waals surface area contributed by atoms with E-state index in [-0.39, 0.29) is 149 Å². The summed E-state index contributed by atoms with van der Waals surface area (Å²) in [5.41, 5.74) is 0.625.